The average molecular weight is 292 g/mol. The zero-order valence-electron chi connectivity index (χ0n) is 9.94. The van der Waals surface area contributed by atoms with Gasteiger partial charge in [-0.2, -0.15) is 13.2 Å². The molecule has 110 valence electrons. The molecule has 9 heteroatoms. The number of benzene rings is 1. The van der Waals surface area contributed by atoms with Crippen molar-refractivity contribution in [2.45, 2.75) is 12.3 Å². The van der Waals surface area contributed by atoms with Crippen molar-refractivity contribution in [1.82, 2.24) is 5.32 Å². The second kappa shape index (κ2) is 6.24. The van der Waals surface area contributed by atoms with Crippen LogP contribution in [0.5, 0.6) is 0 Å². The van der Waals surface area contributed by atoms with Gasteiger partial charge >= 0.3 is 18.2 Å². The molecule has 1 rings (SSSR count). The molecule has 0 heterocycles. The number of halogens is 3. The Morgan fingerprint density at radius 3 is 2.40 bits per heavy atom. The van der Waals surface area contributed by atoms with E-state index in [1.54, 1.807) is 0 Å². The summed E-state index contributed by atoms with van der Waals surface area (Å²) >= 11 is 0. The molecular formula is C11H11F3N2O4. The fraction of sp³-hybridized carbons (Fsp3) is 0.273. The number of carboxylic acids is 1. The molecule has 0 aliphatic rings. The van der Waals surface area contributed by atoms with Crippen LogP contribution in [-0.2, 0) is 11.0 Å². The van der Waals surface area contributed by atoms with Crippen molar-refractivity contribution < 1.29 is 33.0 Å². The number of hydrogen-bond donors (Lipinski definition) is 4. The number of carbonyl (C=O) groups is 2. The van der Waals surface area contributed by atoms with E-state index in [1.807, 2.05) is 10.6 Å². The van der Waals surface area contributed by atoms with Crippen LogP contribution in [0.2, 0.25) is 0 Å². The first kappa shape index (κ1) is 15.8. The van der Waals surface area contributed by atoms with E-state index < -0.39 is 42.1 Å². The van der Waals surface area contributed by atoms with Crippen molar-refractivity contribution >= 4 is 17.7 Å². The minimum Gasteiger partial charge on any atom is -0.479 e. The quantitative estimate of drug-likeness (QED) is 0.671. The first-order valence-corrected chi connectivity index (χ1v) is 5.33. The summed E-state index contributed by atoms with van der Waals surface area (Å²) in [5.74, 6) is -1.55. The van der Waals surface area contributed by atoms with Crippen molar-refractivity contribution in [3.63, 3.8) is 0 Å². The molecule has 0 saturated heterocycles. The van der Waals surface area contributed by atoms with Crippen LogP contribution in [0.4, 0.5) is 23.7 Å². The Balaban J connectivity index is 2.70. The molecule has 1 unspecified atom stereocenters. The van der Waals surface area contributed by atoms with Crippen molar-refractivity contribution in [3.8, 4) is 0 Å². The van der Waals surface area contributed by atoms with Crippen LogP contribution in [0, 0.1) is 0 Å². The molecule has 1 aromatic carbocycles. The minimum atomic E-state index is -4.63. The molecule has 1 atom stereocenters. The minimum absolute atomic E-state index is 0.470. The number of para-hydroxylation sites is 1. The predicted octanol–water partition coefficient (Wildman–Crippen LogP) is 1.27. The maximum atomic E-state index is 12.6. The lowest BCUT2D eigenvalue weighted by Gasteiger charge is -2.14. The van der Waals surface area contributed by atoms with E-state index in [2.05, 4.69) is 0 Å². The van der Waals surface area contributed by atoms with Gasteiger partial charge < -0.3 is 20.8 Å². The number of carbonyl (C=O) groups excluding carboxylic acids is 1. The molecule has 0 fully saturated rings. The molecule has 0 saturated carbocycles. The highest BCUT2D eigenvalue weighted by Crippen LogP contribution is 2.34. The number of alkyl halides is 3. The second-order valence-corrected chi connectivity index (χ2v) is 3.73. The number of nitrogens with one attached hydrogen (secondary N) is 2. The highest BCUT2D eigenvalue weighted by atomic mass is 19.4. The highest BCUT2D eigenvalue weighted by Gasteiger charge is 2.33. The number of hydrogen-bond acceptors (Lipinski definition) is 3. The first-order chi connectivity index (χ1) is 9.21. The lowest BCUT2D eigenvalue weighted by atomic mass is 10.1. The van der Waals surface area contributed by atoms with Gasteiger partial charge in [-0.3, -0.25) is 0 Å². The Kier molecular flexibility index (Phi) is 4.92. The average Bonchev–Trinajstić information content (AvgIpc) is 2.35. The van der Waals surface area contributed by atoms with Crippen LogP contribution < -0.4 is 10.6 Å². The molecule has 0 aliphatic carbocycles. The van der Waals surface area contributed by atoms with Gasteiger partial charge in [0.05, 0.1) is 17.8 Å². The maximum Gasteiger partial charge on any atom is 0.418 e. The zero-order valence-corrected chi connectivity index (χ0v) is 9.94. The third-order valence-corrected chi connectivity index (χ3v) is 2.22. The number of aliphatic hydroxyl groups excluding tert-OH is 1. The van der Waals surface area contributed by atoms with E-state index >= 15 is 0 Å². The second-order valence-electron chi connectivity index (χ2n) is 3.73. The van der Waals surface area contributed by atoms with Gasteiger partial charge in [0.15, 0.2) is 6.10 Å². The lowest BCUT2D eigenvalue weighted by Crippen LogP contribution is -2.39. The molecule has 4 N–H and O–H groups in total. The standard InChI is InChI=1S/C11H11F3N2O4/c12-11(13,14)6-3-1-2-4-7(6)16-10(20)15-5-8(17)9(18)19/h1-4,8,17H,5H2,(H,18,19)(H2,15,16,20). The van der Waals surface area contributed by atoms with Crippen LogP contribution in [0.1, 0.15) is 5.56 Å². The number of amides is 2. The SMILES string of the molecule is O=C(NCC(O)C(=O)O)Nc1ccccc1C(F)(F)F. The molecule has 0 radical (unpaired) electrons. The molecule has 2 amide bonds. The first-order valence-electron chi connectivity index (χ1n) is 5.33. The Labute approximate surface area is 111 Å². The number of urea groups is 1. The Morgan fingerprint density at radius 1 is 1.25 bits per heavy atom. The molecule has 0 bridgehead atoms. The van der Waals surface area contributed by atoms with Crippen LogP contribution in [0.3, 0.4) is 0 Å². The number of rotatable bonds is 4. The van der Waals surface area contributed by atoms with Crippen LogP contribution in [0.25, 0.3) is 0 Å². The monoisotopic (exact) mass is 292 g/mol. The molecular weight excluding hydrogens is 281 g/mol. The van der Waals surface area contributed by atoms with Crippen LogP contribution in [0.15, 0.2) is 24.3 Å². The van der Waals surface area contributed by atoms with E-state index in [0.717, 1.165) is 12.1 Å². The molecule has 0 spiro atoms. The summed E-state index contributed by atoms with van der Waals surface area (Å²) < 4.78 is 37.9. The predicted molar refractivity (Wildman–Crippen MR) is 62.1 cm³/mol. The number of carboxylic acid groups (broad SMARTS) is 1. The van der Waals surface area contributed by atoms with E-state index in [1.165, 1.54) is 12.1 Å². The fourth-order valence-electron chi connectivity index (χ4n) is 1.28. The van der Waals surface area contributed by atoms with Gasteiger partial charge in [-0.05, 0) is 12.1 Å². The number of aliphatic carboxylic acids is 1. The van der Waals surface area contributed by atoms with E-state index in [4.69, 9.17) is 10.2 Å². The summed E-state index contributed by atoms with van der Waals surface area (Å²) in [6.07, 6.45) is -6.47. The highest BCUT2D eigenvalue weighted by molar-refractivity contribution is 5.90. The van der Waals surface area contributed by atoms with Gasteiger partial charge in [0.25, 0.3) is 0 Å². The van der Waals surface area contributed by atoms with E-state index in [9.17, 15) is 22.8 Å². The summed E-state index contributed by atoms with van der Waals surface area (Å²) in [7, 11) is 0. The van der Waals surface area contributed by atoms with Crippen molar-refractivity contribution in [2.75, 3.05) is 11.9 Å². The summed E-state index contributed by atoms with van der Waals surface area (Å²) in [5, 5.41) is 21.1. The summed E-state index contributed by atoms with van der Waals surface area (Å²) in [6.45, 7) is -0.630. The maximum absolute atomic E-state index is 12.6. The van der Waals surface area contributed by atoms with Gasteiger partial charge in [0.1, 0.15) is 0 Å². The third kappa shape index (κ3) is 4.43. The summed E-state index contributed by atoms with van der Waals surface area (Å²) in [4.78, 5) is 21.6. The largest absolute Gasteiger partial charge is 0.479 e. The van der Waals surface area contributed by atoms with E-state index in [0.29, 0.717) is 0 Å². The van der Waals surface area contributed by atoms with Crippen molar-refractivity contribution in [1.29, 1.82) is 0 Å². The summed E-state index contributed by atoms with van der Waals surface area (Å²) in [6, 6.07) is 3.26. The number of anilines is 1. The van der Waals surface area contributed by atoms with Gasteiger partial charge in [-0.25, -0.2) is 9.59 Å². The Morgan fingerprint density at radius 2 is 1.85 bits per heavy atom. The number of aliphatic hydroxyl groups is 1. The fourth-order valence-corrected chi connectivity index (χ4v) is 1.28. The summed E-state index contributed by atoms with van der Waals surface area (Å²) in [5.41, 5.74) is -1.50. The van der Waals surface area contributed by atoms with Gasteiger partial charge in [0.2, 0.25) is 0 Å². The normalized spacial score (nSPS) is 12.6. The van der Waals surface area contributed by atoms with Gasteiger partial charge in [-0.15, -0.1) is 0 Å². The van der Waals surface area contributed by atoms with Crippen LogP contribution >= 0.6 is 0 Å². The van der Waals surface area contributed by atoms with E-state index in [-0.39, 0.29) is 0 Å². The van der Waals surface area contributed by atoms with Crippen molar-refractivity contribution in [2.24, 2.45) is 0 Å². The van der Waals surface area contributed by atoms with Gasteiger partial charge in [0, 0.05) is 0 Å². The molecule has 1 aromatic rings. The molecule has 20 heavy (non-hydrogen) atoms. The van der Waals surface area contributed by atoms with Gasteiger partial charge in [-0.1, -0.05) is 12.1 Å². The Bertz CT molecular complexity index is 505. The topological polar surface area (TPSA) is 98.7 Å². The smallest absolute Gasteiger partial charge is 0.418 e. The third-order valence-electron chi connectivity index (χ3n) is 2.22. The van der Waals surface area contributed by atoms with Crippen molar-refractivity contribution in [3.05, 3.63) is 29.8 Å². The zero-order chi connectivity index (χ0) is 15.3. The van der Waals surface area contributed by atoms with Crippen LogP contribution in [-0.4, -0.2) is 34.9 Å². The lowest BCUT2D eigenvalue weighted by molar-refractivity contribution is -0.146. The molecule has 6 nitrogen and oxygen atoms in total. The molecule has 0 aromatic heterocycles. The Hall–Kier alpha value is -2.29. The molecule has 0 aliphatic heterocycles.